The highest BCUT2D eigenvalue weighted by Gasteiger charge is 2.35. The number of fused-ring (bicyclic) bond motifs is 1. The number of likely N-dealkylation sites (N-methyl/N-ethyl adjacent to an activating group) is 1. The molecule has 0 spiro atoms. The normalized spacial score (nSPS) is 21.4. The van der Waals surface area contributed by atoms with Gasteiger partial charge in [-0.1, -0.05) is 6.92 Å². The van der Waals surface area contributed by atoms with E-state index in [1.807, 2.05) is 30.0 Å². The van der Waals surface area contributed by atoms with Gasteiger partial charge in [-0.15, -0.1) is 0 Å². The van der Waals surface area contributed by atoms with Crippen LogP contribution in [0.25, 0.3) is 11.0 Å². The van der Waals surface area contributed by atoms with Crippen LogP contribution in [0.1, 0.15) is 23.0 Å². The fraction of sp³-hybridized carbons (Fsp3) is 0.500. The Morgan fingerprint density at radius 1 is 1.35 bits per heavy atom. The highest BCUT2D eigenvalue weighted by molar-refractivity contribution is 5.99. The van der Waals surface area contributed by atoms with Crippen LogP contribution in [0.4, 0.5) is 0 Å². The summed E-state index contributed by atoms with van der Waals surface area (Å²) >= 11 is 0. The summed E-state index contributed by atoms with van der Waals surface area (Å²) in [6, 6.07) is 6.01. The number of carbonyl (C=O) groups excluding carboxylic acids is 1. The van der Waals surface area contributed by atoms with Crippen LogP contribution < -0.4 is 4.74 Å². The van der Waals surface area contributed by atoms with Gasteiger partial charge in [-0.25, -0.2) is 0 Å². The van der Waals surface area contributed by atoms with Crippen molar-refractivity contribution in [1.29, 1.82) is 0 Å². The number of methoxy groups -OCH3 is 1. The first-order chi connectivity index (χ1) is 10.9. The molecule has 1 aromatic heterocycles. The lowest BCUT2D eigenvalue weighted by molar-refractivity contribution is 0.0751. The standard InChI is InChI=1S/C18H24N2O3/c1-11-9-20(10-15(11)19(3)4)18(21)17-12(2)14-8-13(22-5)6-7-16(14)23-17/h6-8,11,15H,9-10H2,1-5H3/t11-,15-/m1/s1. The first-order valence-corrected chi connectivity index (χ1v) is 7.95. The van der Waals surface area contributed by atoms with Crippen LogP contribution in [-0.4, -0.2) is 56.0 Å². The molecule has 2 atom stereocenters. The Morgan fingerprint density at radius 3 is 2.70 bits per heavy atom. The molecule has 0 bridgehead atoms. The second kappa shape index (κ2) is 5.89. The first kappa shape index (κ1) is 15.9. The van der Waals surface area contributed by atoms with Gasteiger partial charge >= 0.3 is 0 Å². The summed E-state index contributed by atoms with van der Waals surface area (Å²) in [4.78, 5) is 17.0. The molecular weight excluding hydrogens is 292 g/mol. The van der Waals surface area contributed by atoms with E-state index in [4.69, 9.17) is 9.15 Å². The number of furan rings is 1. The molecule has 0 aliphatic carbocycles. The van der Waals surface area contributed by atoms with Crippen LogP contribution in [0.3, 0.4) is 0 Å². The molecule has 2 heterocycles. The van der Waals surface area contributed by atoms with E-state index in [0.29, 0.717) is 17.7 Å². The molecule has 0 saturated carbocycles. The van der Waals surface area contributed by atoms with Crippen LogP contribution in [0, 0.1) is 12.8 Å². The van der Waals surface area contributed by atoms with E-state index in [1.54, 1.807) is 7.11 Å². The van der Waals surface area contributed by atoms with Gasteiger partial charge in [0, 0.05) is 30.1 Å². The van der Waals surface area contributed by atoms with Crippen LogP contribution in [-0.2, 0) is 0 Å². The molecule has 3 rings (SSSR count). The van der Waals surface area contributed by atoms with Crippen LogP contribution in [0.2, 0.25) is 0 Å². The smallest absolute Gasteiger partial charge is 0.289 e. The predicted octanol–water partition coefficient (Wildman–Crippen LogP) is 2.77. The number of aryl methyl sites for hydroxylation is 1. The summed E-state index contributed by atoms with van der Waals surface area (Å²) in [6.45, 7) is 5.63. The molecular formula is C18H24N2O3. The molecule has 1 aliphatic heterocycles. The summed E-state index contributed by atoms with van der Waals surface area (Å²) in [5.41, 5.74) is 1.60. The van der Waals surface area contributed by atoms with Crippen LogP contribution in [0.15, 0.2) is 22.6 Å². The Hall–Kier alpha value is -2.01. The molecule has 1 amide bonds. The van der Waals surface area contributed by atoms with Crippen molar-refractivity contribution in [3.63, 3.8) is 0 Å². The Bertz CT molecular complexity index is 735. The van der Waals surface area contributed by atoms with E-state index in [1.165, 1.54) is 0 Å². The van der Waals surface area contributed by atoms with E-state index in [-0.39, 0.29) is 5.91 Å². The molecule has 5 heteroatoms. The average molecular weight is 316 g/mol. The maximum absolute atomic E-state index is 12.9. The number of ether oxygens (including phenoxy) is 1. The average Bonchev–Trinajstić information content (AvgIpc) is 3.07. The Morgan fingerprint density at radius 2 is 2.09 bits per heavy atom. The Labute approximate surface area is 136 Å². The van der Waals surface area contributed by atoms with Crippen molar-refractivity contribution in [2.45, 2.75) is 19.9 Å². The lowest BCUT2D eigenvalue weighted by atomic mass is 10.1. The molecule has 1 fully saturated rings. The highest BCUT2D eigenvalue weighted by atomic mass is 16.5. The number of rotatable bonds is 3. The zero-order chi connectivity index (χ0) is 16.7. The maximum Gasteiger partial charge on any atom is 0.289 e. The van der Waals surface area contributed by atoms with Crippen LogP contribution in [0.5, 0.6) is 5.75 Å². The molecule has 1 aromatic carbocycles. The predicted molar refractivity (Wildman–Crippen MR) is 90.0 cm³/mol. The number of likely N-dealkylation sites (tertiary alicyclic amines) is 1. The summed E-state index contributed by atoms with van der Waals surface area (Å²) in [5.74, 6) is 1.65. The maximum atomic E-state index is 12.9. The summed E-state index contributed by atoms with van der Waals surface area (Å²) in [5, 5.41) is 0.934. The van der Waals surface area contributed by atoms with Crippen molar-refractivity contribution < 1.29 is 13.9 Å². The number of nitrogens with zero attached hydrogens (tertiary/aromatic N) is 2. The molecule has 1 aliphatic rings. The number of benzene rings is 1. The SMILES string of the molecule is COc1ccc2oc(C(=O)N3C[C@@H](C)[C@H](N(C)C)C3)c(C)c2c1. The molecule has 2 aromatic rings. The van der Waals surface area contributed by atoms with E-state index < -0.39 is 0 Å². The van der Waals surface area contributed by atoms with E-state index in [9.17, 15) is 4.79 Å². The molecule has 23 heavy (non-hydrogen) atoms. The third-order valence-corrected chi connectivity index (χ3v) is 4.86. The van der Waals surface area contributed by atoms with Crippen molar-refractivity contribution >= 4 is 16.9 Å². The van der Waals surface area contributed by atoms with Crippen LogP contribution >= 0.6 is 0 Å². The minimum atomic E-state index is -0.0196. The van der Waals surface area contributed by atoms with Gasteiger partial charge in [-0.05, 0) is 45.1 Å². The fourth-order valence-electron chi connectivity index (χ4n) is 3.46. The minimum absolute atomic E-state index is 0.0196. The quantitative estimate of drug-likeness (QED) is 0.873. The van der Waals surface area contributed by atoms with Crippen molar-refractivity contribution in [3.8, 4) is 5.75 Å². The molecule has 124 valence electrons. The highest BCUT2D eigenvalue weighted by Crippen LogP contribution is 2.31. The Kier molecular flexibility index (Phi) is 4.06. The van der Waals surface area contributed by atoms with Crippen molar-refractivity contribution in [2.24, 2.45) is 5.92 Å². The van der Waals surface area contributed by atoms with Crippen molar-refractivity contribution in [3.05, 3.63) is 29.5 Å². The number of amides is 1. The minimum Gasteiger partial charge on any atom is -0.497 e. The van der Waals surface area contributed by atoms with Gasteiger partial charge in [0.1, 0.15) is 11.3 Å². The Balaban J connectivity index is 1.91. The van der Waals surface area contributed by atoms with Gasteiger partial charge in [-0.3, -0.25) is 4.79 Å². The number of hydrogen-bond donors (Lipinski definition) is 0. The van der Waals surface area contributed by atoms with Gasteiger partial charge < -0.3 is 19.0 Å². The topological polar surface area (TPSA) is 45.9 Å². The van der Waals surface area contributed by atoms with Gasteiger partial charge in [0.25, 0.3) is 5.91 Å². The van der Waals surface area contributed by atoms with Gasteiger partial charge in [0.2, 0.25) is 0 Å². The van der Waals surface area contributed by atoms with Crippen molar-refractivity contribution in [1.82, 2.24) is 9.80 Å². The molecule has 0 N–H and O–H groups in total. The molecule has 5 nitrogen and oxygen atoms in total. The lowest BCUT2D eigenvalue weighted by Gasteiger charge is -2.22. The van der Waals surface area contributed by atoms with E-state index >= 15 is 0 Å². The second-order valence-corrected chi connectivity index (χ2v) is 6.64. The monoisotopic (exact) mass is 316 g/mol. The van der Waals surface area contributed by atoms with Gasteiger partial charge in [-0.2, -0.15) is 0 Å². The van der Waals surface area contributed by atoms with E-state index in [0.717, 1.165) is 35.4 Å². The zero-order valence-electron chi connectivity index (χ0n) is 14.4. The third-order valence-electron chi connectivity index (χ3n) is 4.86. The summed E-state index contributed by atoms with van der Waals surface area (Å²) < 4.78 is 11.1. The van der Waals surface area contributed by atoms with Gasteiger partial charge in [0.05, 0.1) is 7.11 Å². The summed E-state index contributed by atoms with van der Waals surface area (Å²) in [6.07, 6.45) is 0. The third kappa shape index (κ3) is 2.70. The lowest BCUT2D eigenvalue weighted by Crippen LogP contribution is -2.35. The molecule has 1 saturated heterocycles. The first-order valence-electron chi connectivity index (χ1n) is 7.95. The fourth-order valence-corrected chi connectivity index (χ4v) is 3.46. The molecule has 0 unspecified atom stereocenters. The largest absolute Gasteiger partial charge is 0.497 e. The van der Waals surface area contributed by atoms with Gasteiger partial charge in [0.15, 0.2) is 5.76 Å². The second-order valence-electron chi connectivity index (χ2n) is 6.64. The summed E-state index contributed by atoms with van der Waals surface area (Å²) in [7, 11) is 5.76. The van der Waals surface area contributed by atoms with Crippen molar-refractivity contribution in [2.75, 3.05) is 34.3 Å². The molecule has 0 radical (unpaired) electrons. The van der Waals surface area contributed by atoms with E-state index in [2.05, 4.69) is 25.9 Å². The number of hydrogen-bond acceptors (Lipinski definition) is 4. The zero-order valence-corrected chi connectivity index (χ0v) is 14.4. The number of carbonyl (C=O) groups is 1.